The zero-order chi connectivity index (χ0) is 28.6. The average Bonchev–Trinajstić information content (AvgIpc) is 2.99. The Morgan fingerprint density at radius 2 is 1.02 bits per heavy atom. The van der Waals surface area contributed by atoms with Crippen LogP contribution >= 0.6 is 24.8 Å². The van der Waals surface area contributed by atoms with Gasteiger partial charge in [0.1, 0.15) is 0 Å². The van der Waals surface area contributed by atoms with Crippen LogP contribution in [0.1, 0.15) is 38.9 Å². The molecule has 0 spiro atoms. The number of alkyl carbamates (subject to hydrolysis) is 2. The van der Waals surface area contributed by atoms with E-state index >= 15 is 0 Å². The minimum atomic E-state index is -0.582. The number of benzene rings is 3. The van der Waals surface area contributed by atoms with Crippen LogP contribution in [-0.4, -0.2) is 30.5 Å². The molecule has 3 rings (SSSR count). The van der Waals surface area contributed by atoms with E-state index < -0.39 is 12.2 Å². The first-order valence-electron chi connectivity index (χ1n) is 12.6. The Hall–Kier alpha value is -4.22. The van der Waals surface area contributed by atoms with Gasteiger partial charge in [-0.1, -0.05) is 72.2 Å². The molecule has 11 heteroatoms. The van der Waals surface area contributed by atoms with Gasteiger partial charge in [-0.15, -0.1) is 24.8 Å². The molecule has 0 aliphatic heterocycles. The third-order valence-electron chi connectivity index (χ3n) is 5.58. The Labute approximate surface area is 258 Å². The van der Waals surface area contributed by atoms with E-state index in [1.165, 1.54) is 0 Å². The summed E-state index contributed by atoms with van der Waals surface area (Å²) in [6, 6.07) is 20.3. The van der Waals surface area contributed by atoms with Gasteiger partial charge >= 0.3 is 12.2 Å². The lowest BCUT2D eigenvalue weighted by atomic mass is 10.1. The van der Waals surface area contributed by atoms with Gasteiger partial charge < -0.3 is 36.7 Å². The second-order valence-electron chi connectivity index (χ2n) is 8.58. The highest BCUT2D eigenvalue weighted by molar-refractivity contribution is 5.85. The number of hydrogen-bond donors (Lipinski definition) is 5. The van der Waals surface area contributed by atoms with Crippen molar-refractivity contribution in [3.63, 3.8) is 0 Å². The second-order valence-corrected chi connectivity index (χ2v) is 8.58. The van der Waals surface area contributed by atoms with Gasteiger partial charge in [-0.25, -0.2) is 9.59 Å². The molecule has 0 saturated carbocycles. The predicted molar refractivity (Wildman–Crippen MR) is 166 cm³/mol. The Kier molecular flexibility index (Phi) is 16.9. The Morgan fingerprint density at radius 3 is 1.38 bits per heavy atom. The van der Waals surface area contributed by atoms with Crippen LogP contribution in [0.15, 0.2) is 66.7 Å². The third kappa shape index (κ3) is 13.0. The van der Waals surface area contributed by atoms with Gasteiger partial charge in [-0.05, 0) is 46.0 Å². The molecule has 0 fully saturated rings. The molecule has 0 bridgehead atoms. The first-order valence-corrected chi connectivity index (χ1v) is 12.6. The summed E-state index contributed by atoms with van der Waals surface area (Å²) in [6.45, 7) is 1.16. The molecular formula is C31H34Cl2N4O5. The molecule has 222 valence electrons. The number of rotatable bonds is 9. The molecule has 0 heterocycles. The SMILES string of the molecule is Cl.Cl.NCc1ccc(CNC(=O)OCC#Cc2cc(C#CCOC(=O)NCc3ccc(CN)cc3)cc(CO)c2)cc1. The average molecular weight is 614 g/mol. The van der Waals surface area contributed by atoms with Gasteiger partial charge in [-0.3, -0.25) is 0 Å². The van der Waals surface area contributed by atoms with E-state index in [0.29, 0.717) is 42.9 Å². The van der Waals surface area contributed by atoms with Crippen LogP contribution in [-0.2, 0) is 42.3 Å². The summed E-state index contributed by atoms with van der Waals surface area (Å²) < 4.78 is 10.2. The van der Waals surface area contributed by atoms with E-state index in [1.807, 2.05) is 48.5 Å². The second kappa shape index (κ2) is 19.8. The van der Waals surface area contributed by atoms with Crippen molar-refractivity contribution < 1.29 is 24.2 Å². The predicted octanol–water partition coefficient (Wildman–Crippen LogP) is 3.50. The number of amides is 2. The lowest BCUT2D eigenvalue weighted by Crippen LogP contribution is -2.23. The Morgan fingerprint density at radius 1 is 0.643 bits per heavy atom. The van der Waals surface area contributed by atoms with Crippen LogP contribution in [0.25, 0.3) is 0 Å². The van der Waals surface area contributed by atoms with Crippen molar-refractivity contribution in [1.82, 2.24) is 10.6 Å². The van der Waals surface area contributed by atoms with Crippen molar-refractivity contribution in [3.05, 3.63) is 106 Å². The molecule has 2 amide bonds. The van der Waals surface area contributed by atoms with E-state index in [-0.39, 0.29) is 44.6 Å². The monoisotopic (exact) mass is 612 g/mol. The zero-order valence-electron chi connectivity index (χ0n) is 22.9. The normalized spacial score (nSPS) is 9.40. The summed E-state index contributed by atoms with van der Waals surface area (Å²) in [5, 5.41) is 14.9. The zero-order valence-corrected chi connectivity index (χ0v) is 24.5. The summed E-state index contributed by atoms with van der Waals surface area (Å²) in [6.07, 6.45) is -1.16. The van der Waals surface area contributed by atoms with E-state index in [0.717, 1.165) is 22.3 Å². The first-order chi connectivity index (χ1) is 19.5. The molecule has 42 heavy (non-hydrogen) atoms. The summed E-state index contributed by atoms with van der Waals surface area (Å²) >= 11 is 0. The highest BCUT2D eigenvalue weighted by atomic mass is 35.5. The molecule has 0 saturated heterocycles. The van der Waals surface area contributed by atoms with E-state index in [2.05, 4.69) is 34.3 Å². The molecule has 0 aliphatic rings. The molecular weight excluding hydrogens is 579 g/mol. The van der Waals surface area contributed by atoms with Crippen LogP contribution < -0.4 is 22.1 Å². The van der Waals surface area contributed by atoms with E-state index in [4.69, 9.17) is 20.9 Å². The summed E-state index contributed by atoms with van der Waals surface area (Å²) in [5.74, 6) is 11.4. The number of aliphatic hydroxyl groups is 1. The number of halogens is 2. The van der Waals surface area contributed by atoms with Crippen LogP contribution in [0, 0.1) is 23.7 Å². The lowest BCUT2D eigenvalue weighted by Gasteiger charge is -2.05. The van der Waals surface area contributed by atoms with Gasteiger partial charge in [0, 0.05) is 37.3 Å². The van der Waals surface area contributed by atoms with Gasteiger partial charge in [0.05, 0.1) is 6.61 Å². The molecule has 3 aromatic carbocycles. The summed E-state index contributed by atoms with van der Waals surface area (Å²) in [7, 11) is 0. The van der Waals surface area contributed by atoms with Crippen molar-refractivity contribution in [2.45, 2.75) is 32.8 Å². The maximum absolute atomic E-state index is 11.9. The molecule has 0 radical (unpaired) electrons. The number of carbonyl (C=O) groups excluding carboxylic acids is 2. The van der Waals surface area contributed by atoms with Crippen molar-refractivity contribution >= 4 is 37.0 Å². The van der Waals surface area contributed by atoms with E-state index in [1.54, 1.807) is 18.2 Å². The molecule has 0 aromatic heterocycles. The Bertz CT molecular complexity index is 1310. The van der Waals surface area contributed by atoms with Crippen LogP contribution in [0.2, 0.25) is 0 Å². The van der Waals surface area contributed by atoms with Gasteiger partial charge in [0.25, 0.3) is 0 Å². The molecule has 9 nitrogen and oxygen atoms in total. The minimum Gasteiger partial charge on any atom is -0.436 e. The molecule has 7 N–H and O–H groups in total. The highest BCUT2D eigenvalue weighted by Crippen LogP contribution is 2.09. The van der Waals surface area contributed by atoms with E-state index in [9.17, 15) is 14.7 Å². The van der Waals surface area contributed by atoms with Crippen LogP contribution in [0.5, 0.6) is 0 Å². The standard InChI is InChI=1S/C31H32N4O5.2ClH/c32-18-23-5-9-25(10-6-23)20-34-30(37)39-13-1-3-27-15-28(17-29(16-27)22-36)4-2-14-40-31(38)35-21-26-11-7-24(19-33)8-12-26;;/h5-12,15-17,36H,13-14,18-22,32-33H2,(H,34,37)(H,35,38);2*1H. The number of ether oxygens (including phenoxy) is 2. The van der Waals surface area contributed by atoms with Crippen molar-refractivity contribution in [2.24, 2.45) is 11.5 Å². The number of nitrogens with one attached hydrogen (secondary N) is 2. The Balaban J connectivity index is 0.00000441. The number of nitrogens with two attached hydrogens (primary N) is 2. The van der Waals surface area contributed by atoms with Gasteiger partial charge in [0.15, 0.2) is 13.2 Å². The topological polar surface area (TPSA) is 149 Å². The van der Waals surface area contributed by atoms with Crippen LogP contribution in [0.3, 0.4) is 0 Å². The first kappa shape index (κ1) is 35.8. The maximum Gasteiger partial charge on any atom is 0.408 e. The fourth-order valence-electron chi connectivity index (χ4n) is 3.44. The van der Waals surface area contributed by atoms with Crippen molar-refractivity contribution in [3.8, 4) is 23.7 Å². The van der Waals surface area contributed by atoms with Gasteiger partial charge in [0.2, 0.25) is 0 Å². The number of aliphatic hydroxyl groups excluding tert-OH is 1. The lowest BCUT2D eigenvalue weighted by molar-refractivity contribution is 0.158. The molecule has 3 aromatic rings. The fraction of sp³-hybridized carbons (Fsp3) is 0.226. The molecule has 0 unspecified atom stereocenters. The quantitative estimate of drug-likeness (QED) is 0.232. The maximum atomic E-state index is 11.9. The largest absolute Gasteiger partial charge is 0.436 e. The smallest absolute Gasteiger partial charge is 0.408 e. The summed E-state index contributed by atoms with van der Waals surface area (Å²) in [4.78, 5) is 23.8. The summed E-state index contributed by atoms with van der Waals surface area (Å²) in [5.41, 5.74) is 16.9. The number of hydrogen-bond acceptors (Lipinski definition) is 7. The van der Waals surface area contributed by atoms with Crippen LogP contribution in [0.4, 0.5) is 9.59 Å². The van der Waals surface area contributed by atoms with Crippen molar-refractivity contribution in [1.29, 1.82) is 0 Å². The number of carbonyl (C=O) groups is 2. The third-order valence-corrected chi connectivity index (χ3v) is 5.58. The van der Waals surface area contributed by atoms with Gasteiger partial charge in [-0.2, -0.15) is 0 Å². The molecule has 0 aliphatic carbocycles. The molecule has 0 atom stereocenters. The fourth-order valence-corrected chi connectivity index (χ4v) is 3.44. The highest BCUT2D eigenvalue weighted by Gasteiger charge is 2.03. The minimum absolute atomic E-state index is 0. The van der Waals surface area contributed by atoms with Crippen molar-refractivity contribution in [2.75, 3.05) is 13.2 Å².